The van der Waals surface area contributed by atoms with Crippen molar-refractivity contribution >= 4 is 11.9 Å². The van der Waals surface area contributed by atoms with Crippen LogP contribution in [0.15, 0.2) is 29.3 Å². The molecule has 1 aliphatic heterocycles. The average Bonchev–Trinajstić information content (AvgIpc) is 2.72. The molecule has 1 atom stereocenters. The molecule has 1 amide bonds. The summed E-state index contributed by atoms with van der Waals surface area (Å²) in [7, 11) is 5.09. The molecule has 1 aromatic rings. The first-order valence-corrected chi connectivity index (χ1v) is 9.75. The molecule has 0 bridgehead atoms. The van der Waals surface area contributed by atoms with Crippen molar-refractivity contribution < 1.29 is 14.3 Å². The van der Waals surface area contributed by atoms with E-state index in [0.717, 1.165) is 43.4 Å². The number of likely N-dealkylation sites (tertiary alicyclic amines) is 1. The third-order valence-electron chi connectivity index (χ3n) is 4.75. The van der Waals surface area contributed by atoms with Crippen LogP contribution in [0.2, 0.25) is 0 Å². The van der Waals surface area contributed by atoms with Gasteiger partial charge in [0.2, 0.25) is 5.91 Å². The normalized spacial score (nSPS) is 16.9. The van der Waals surface area contributed by atoms with Gasteiger partial charge < -0.3 is 25.4 Å². The lowest BCUT2D eigenvalue weighted by molar-refractivity contribution is -0.122. The van der Waals surface area contributed by atoms with Crippen molar-refractivity contribution in [2.24, 2.45) is 4.99 Å². The Morgan fingerprint density at radius 3 is 2.46 bits per heavy atom. The van der Waals surface area contributed by atoms with E-state index in [1.165, 1.54) is 0 Å². The van der Waals surface area contributed by atoms with Gasteiger partial charge in [0.15, 0.2) is 5.96 Å². The number of carbonyl (C=O) groups excluding carboxylic acids is 1. The minimum atomic E-state index is -0.0126. The zero-order valence-corrected chi connectivity index (χ0v) is 17.3. The van der Waals surface area contributed by atoms with E-state index in [1.54, 1.807) is 21.2 Å². The number of benzene rings is 1. The fourth-order valence-corrected chi connectivity index (χ4v) is 3.07. The second-order valence-corrected chi connectivity index (χ2v) is 6.93. The van der Waals surface area contributed by atoms with Crippen molar-refractivity contribution in [1.29, 1.82) is 0 Å². The summed E-state index contributed by atoms with van der Waals surface area (Å²) in [6.45, 7) is 4.93. The lowest BCUT2D eigenvalue weighted by Gasteiger charge is -2.32. The second-order valence-electron chi connectivity index (χ2n) is 6.93. The molecule has 8 nitrogen and oxygen atoms in total. The summed E-state index contributed by atoms with van der Waals surface area (Å²) in [5, 5.41) is 9.46. The molecule has 0 saturated carbocycles. The zero-order chi connectivity index (χ0) is 20.4. The van der Waals surface area contributed by atoms with Crippen LogP contribution >= 0.6 is 0 Å². The monoisotopic (exact) mass is 391 g/mol. The summed E-state index contributed by atoms with van der Waals surface area (Å²) in [4.78, 5) is 18.0. The SMILES string of the molecule is CN=C(NCC(C)Oc1ccc(OC)cc1)NC1CCN(CC(=O)NC)CC1. The largest absolute Gasteiger partial charge is 0.497 e. The summed E-state index contributed by atoms with van der Waals surface area (Å²) in [6, 6.07) is 7.91. The minimum absolute atomic E-state index is 0.0126. The fraction of sp³-hybridized carbons (Fsp3) is 0.600. The van der Waals surface area contributed by atoms with Crippen molar-refractivity contribution in [2.45, 2.75) is 31.9 Å². The number of likely N-dealkylation sites (N-methyl/N-ethyl adjacent to an activating group) is 1. The molecule has 1 aromatic carbocycles. The van der Waals surface area contributed by atoms with Gasteiger partial charge in [-0.2, -0.15) is 0 Å². The molecule has 1 heterocycles. The lowest BCUT2D eigenvalue weighted by Crippen LogP contribution is -2.51. The van der Waals surface area contributed by atoms with E-state index in [4.69, 9.17) is 9.47 Å². The van der Waals surface area contributed by atoms with Crippen LogP contribution in [0.5, 0.6) is 11.5 Å². The number of hydrogen-bond acceptors (Lipinski definition) is 5. The van der Waals surface area contributed by atoms with E-state index in [9.17, 15) is 4.79 Å². The molecule has 1 unspecified atom stereocenters. The number of nitrogens with zero attached hydrogens (tertiary/aromatic N) is 2. The number of carbonyl (C=O) groups is 1. The number of nitrogens with one attached hydrogen (secondary N) is 3. The van der Waals surface area contributed by atoms with Gasteiger partial charge in [-0.1, -0.05) is 0 Å². The van der Waals surface area contributed by atoms with Crippen molar-refractivity contribution in [1.82, 2.24) is 20.9 Å². The highest BCUT2D eigenvalue weighted by Crippen LogP contribution is 2.18. The van der Waals surface area contributed by atoms with Gasteiger partial charge in [-0.05, 0) is 44.0 Å². The van der Waals surface area contributed by atoms with Gasteiger partial charge in [0.1, 0.15) is 17.6 Å². The molecule has 3 N–H and O–H groups in total. The molecule has 156 valence electrons. The quantitative estimate of drug-likeness (QED) is 0.450. The topological polar surface area (TPSA) is 87.2 Å². The predicted octanol–water partition coefficient (Wildman–Crippen LogP) is 0.838. The van der Waals surface area contributed by atoms with Crippen LogP contribution in [-0.4, -0.2) is 76.3 Å². The predicted molar refractivity (Wildman–Crippen MR) is 111 cm³/mol. The molecule has 1 saturated heterocycles. The molecule has 1 aliphatic rings. The highest BCUT2D eigenvalue weighted by Gasteiger charge is 2.21. The number of methoxy groups -OCH3 is 1. The average molecular weight is 392 g/mol. The molecule has 0 aliphatic carbocycles. The molecule has 2 rings (SSSR count). The van der Waals surface area contributed by atoms with Crippen LogP contribution in [0.3, 0.4) is 0 Å². The Morgan fingerprint density at radius 1 is 1.25 bits per heavy atom. The van der Waals surface area contributed by atoms with Gasteiger partial charge in [0.05, 0.1) is 20.2 Å². The molecule has 28 heavy (non-hydrogen) atoms. The van der Waals surface area contributed by atoms with E-state index >= 15 is 0 Å². The Morgan fingerprint density at radius 2 is 1.89 bits per heavy atom. The van der Waals surface area contributed by atoms with Gasteiger partial charge in [-0.25, -0.2) is 0 Å². The second kappa shape index (κ2) is 11.4. The molecule has 8 heteroatoms. The number of aliphatic imine (C=N–C) groups is 1. The maximum atomic E-state index is 11.5. The molecule has 1 fully saturated rings. The number of piperidine rings is 1. The molecule has 0 aromatic heterocycles. The Labute approximate surface area is 167 Å². The summed E-state index contributed by atoms with van der Waals surface area (Å²) >= 11 is 0. The Kier molecular flexibility index (Phi) is 8.87. The fourth-order valence-electron chi connectivity index (χ4n) is 3.07. The first kappa shape index (κ1) is 21.8. The number of guanidine groups is 1. The van der Waals surface area contributed by atoms with Crippen LogP contribution in [-0.2, 0) is 4.79 Å². The molecular formula is C20H33N5O3. The Hall–Kier alpha value is -2.48. The number of amides is 1. The van der Waals surface area contributed by atoms with Crippen LogP contribution in [0.4, 0.5) is 0 Å². The smallest absolute Gasteiger partial charge is 0.233 e. The Balaban J connectivity index is 1.70. The van der Waals surface area contributed by atoms with E-state index < -0.39 is 0 Å². The maximum Gasteiger partial charge on any atom is 0.233 e. The van der Waals surface area contributed by atoms with E-state index in [-0.39, 0.29) is 12.0 Å². The van der Waals surface area contributed by atoms with Crippen molar-refractivity contribution in [2.75, 3.05) is 47.4 Å². The van der Waals surface area contributed by atoms with Gasteiger partial charge in [-0.15, -0.1) is 0 Å². The molecule has 0 spiro atoms. The maximum absolute atomic E-state index is 11.5. The summed E-state index contributed by atoms with van der Waals surface area (Å²) in [6.07, 6.45) is 1.95. The number of rotatable bonds is 8. The first-order valence-electron chi connectivity index (χ1n) is 9.75. The number of hydrogen-bond donors (Lipinski definition) is 3. The van der Waals surface area contributed by atoms with Crippen molar-refractivity contribution in [3.63, 3.8) is 0 Å². The zero-order valence-electron chi connectivity index (χ0n) is 17.3. The van der Waals surface area contributed by atoms with Gasteiger partial charge >= 0.3 is 0 Å². The van der Waals surface area contributed by atoms with Gasteiger partial charge in [-0.3, -0.25) is 14.7 Å². The third kappa shape index (κ3) is 7.26. The van der Waals surface area contributed by atoms with E-state index in [2.05, 4.69) is 25.8 Å². The summed E-state index contributed by atoms with van der Waals surface area (Å²) < 4.78 is 11.1. The van der Waals surface area contributed by atoms with Crippen LogP contribution in [0.25, 0.3) is 0 Å². The lowest BCUT2D eigenvalue weighted by atomic mass is 10.1. The summed E-state index contributed by atoms with van der Waals surface area (Å²) in [5.41, 5.74) is 0. The standard InChI is InChI=1S/C20H33N5O3/c1-15(28-18-7-5-17(27-4)6-8-18)13-23-20(22-3)24-16-9-11-25(12-10-16)14-19(26)21-2/h5-8,15-16H,9-14H2,1-4H3,(H,21,26)(H2,22,23,24). The first-order chi connectivity index (χ1) is 13.5. The number of ether oxygens (including phenoxy) is 2. The van der Waals surface area contributed by atoms with Gasteiger partial charge in [0.25, 0.3) is 0 Å². The van der Waals surface area contributed by atoms with Gasteiger partial charge in [0, 0.05) is 33.2 Å². The highest BCUT2D eigenvalue weighted by molar-refractivity contribution is 5.80. The molecule has 0 radical (unpaired) electrons. The summed E-state index contributed by atoms with van der Waals surface area (Å²) in [5.74, 6) is 2.45. The van der Waals surface area contributed by atoms with Crippen LogP contribution < -0.4 is 25.4 Å². The third-order valence-corrected chi connectivity index (χ3v) is 4.75. The highest BCUT2D eigenvalue weighted by atomic mass is 16.5. The van der Waals surface area contributed by atoms with E-state index in [1.807, 2.05) is 31.2 Å². The Bertz CT molecular complexity index is 627. The van der Waals surface area contributed by atoms with Crippen LogP contribution in [0.1, 0.15) is 19.8 Å². The van der Waals surface area contributed by atoms with Crippen molar-refractivity contribution in [3.8, 4) is 11.5 Å². The van der Waals surface area contributed by atoms with Crippen LogP contribution in [0, 0.1) is 0 Å². The van der Waals surface area contributed by atoms with Crippen molar-refractivity contribution in [3.05, 3.63) is 24.3 Å². The van der Waals surface area contributed by atoms with E-state index in [0.29, 0.717) is 19.1 Å². The minimum Gasteiger partial charge on any atom is -0.497 e. The molecular weight excluding hydrogens is 358 g/mol.